The summed E-state index contributed by atoms with van der Waals surface area (Å²) in [4.78, 5) is 28.7. The first-order valence-corrected chi connectivity index (χ1v) is 8.90. The standard InChI is InChI=1S/C21H20FN3O2/c1-24-17-13-25(12-11-14-5-3-2-4-6-14)20(26)18(17)19(23-21(24)27)15-7-9-16(22)10-8-15/h2-10,19H,11-13H2,1H3,(H,23,27). The maximum absolute atomic E-state index is 13.3. The fourth-order valence-electron chi connectivity index (χ4n) is 3.62. The molecule has 2 aliphatic rings. The number of nitrogens with one attached hydrogen (secondary N) is 1. The van der Waals surface area contributed by atoms with Crippen LogP contribution in [0.5, 0.6) is 0 Å². The number of carbonyl (C=O) groups excluding carboxylic acids is 2. The van der Waals surface area contributed by atoms with Crippen molar-refractivity contribution < 1.29 is 14.0 Å². The number of likely N-dealkylation sites (N-methyl/N-ethyl adjacent to an activating group) is 1. The lowest BCUT2D eigenvalue weighted by Crippen LogP contribution is -2.45. The molecular weight excluding hydrogens is 345 g/mol. The lowest BCUT2D eigenvalue weighted by molar-refractivity contribution is -0.125. The number of amides is 3. The van der Waals surface area contributed by atoms with Crippen molar-refractivity contribution in [2.24, 2.45) is 0 Å². The van der Waals surface area contributed by atoms with Gasteiger partial charge in [0.2, 0.25) is 0 Å². The molecule has 2 aromatic carbocycles. The molecule has 0 saturated heterocycles. The summed E-state index contributed by atoms with van der Waals surface area (Å²) in [6, 6.07) is 15.1. The van der Waals surface area contributed by atoms with Gasteiger partial charge in [-0.25, -0.2) is 9.18 Å². The van der Waals surface area contributed by atoms with Crippen LogP contribution in [-0.2, 0) is 11.2 Å². The molecule has 6 heteroatoms. The van der Waals surface area contributed by atoms with Crippen LogP contribution >= 0.6 is 0 Å². The Morgan fingerprint density at radius 1 is 1.07 bits per heavy atom. The molecule has 0 aliphatic carbocycles. The molecule has 27 heavy (non-hydrogen) atoms. The van der Waals surface area contributed by atoms with Crippen molar-refractivity contribution >= 4 is 11.9 Å². The van der Waals surface area contributed by atoms with Crippen molar-refractivity contribution in [1.82, 2.24) is 15.1 Å². The van der Waals surface area contributed by atoms with Gasteiger partial charge in [0.15, 0.2) is 0 Å². The van der Waals surface area contributed by atoms with Crippen LogP contribution in [0.3, 0.4) is 0 Å². The van der Waals surface area contributed by atoms with Crippen LogP contribution in [0.4, 0.5) is 9.18 Å². The van der Waals surface area contributed by atoms with Crippen LogP contribution in [0, 0.1) is 5.82 Å². The third kappa shape index (κ3) is 3.18. The molecule has 4 rings (SSSR count). The van der Waals surface area contributed by atoms with E-state index in [2.05, 4.69) is 5.32 Å². The summed E-state index contributed by atoms with van der Waals surface area (Å²) in [5.41, 5.74) is 3.14. The first-order valence-electron chi connectivity index (χ1n) is 8.90. The second-order valence-corrected chi connectivity index (χ2v) is 6.82. The van der Waals surface area contributed by atoms with E-state index in [4.69, 9.17) is 0 Å². The van der Waals surface area contributed by atoms with E-state index < -0.39 is 6.04 Å². The third-order valence-corrected chi connectivity index (χ3v) is 5.15. The maximum atomic E-state index is 13.3. The van der Waals surface area contributed by atoms with E-state index in [-0.39, 0.29) is 17.8 Å². The van der Waals surface area contributed by atoms with Gasteiger partial charge in [-0.15, -0.1) is 0 Å². The van der Waals surface area contributed by atoms with Crippen LogP contribution in [0.15, 0.2) is 65.9 Å². The van der Waals surface area contributed by atoms with Crippen LogP contribution in [0.1, 0.15) is 17.2 Å². The second kappa shape index (κ2) is 6.87. The lowest BCUT2D eigenvalue weighted by Gasteiger charge is -2.31. The molecule has 0 saturated carbocycles. The van der Waals surface area contributed by atoms with Crippen LogP contribution in [0.25, 0.3) is 0 Å². The van der Waals surface area contributed by atoms with Crippen molar-refractivity contribution in [1.29, 1.82) is 0 Å². The Kier molecular flexibility index (Phi) is 4.39. The molecule has 2 aromatic rings. The molecule has 2 aliphatic heterocycles. The average molecular weight is 365 g/mol. The number of carbonyl (C=O) groups is 2. The van der Waals surface area contributed by atoms with Crippen molar-refractivity contribution in [3.8, 4) is 0 Å². The third-order valence-electron chi connectivity index (χ3n) is 5.15. The van der Waals surface area contributed by atoms with Crippen LogP contribution < -0.4 is 5.32 Å². The number of nitrogens with zero attached hydrogens (tertiary/aromatic N) is 2. The number of hydrogen-bond donors (Lipinski definition) is 1. The minimum atomic E-state index is -0.557. The molecule has 138 valence electrons. The SMILES string of the molecule is CN1C(=O)NC(c2ccc(F)cc2)C2=C1CN(CCc1ccccc1)C2=O. The Hall–Kier alpha value is -3.15. The fourth-order valence-corrected chi connectivity index (χ4v) is 3.62. The van der Waals surface area contributed by atoms with Crippen molar-refractivity contribution in [2.45, 2.75) is 12.5 Å². The Labute approximate surface area is 157 Å². The van der Waals surface area contributed by atoms with Gasteiger partial charge in [0, 0.05) is 13.6 Å². The molecule has 3 amide bonds. The second-order valence-electron chi connectivity index (χ2n) is 6.82. The van der Waals surface area contributed by atoms with Gasteiger partial charge in [0.05, 0.1) is 23.9 Å². The van der Waals surface area contributed by atoms with Crippen molar-refractivity contribution in [2.75, 3.05) is 20.1 Å². The van der Waals surface area contributed by atoms with Crippen molar-refractivity contribution in [3.05, 3.63) is 82.8 Å². The summed E-state index contributed by atoms with van der Waals surface area (Å²) in [5, 5.41) is 2.86. The molecule has 5 nitrogen and oxygen atoms in total. The fraction of sp³-hybridized carbons (Fsp3) is 0.238. The van der Waals surface area contributed by atoms with Crippen LogP contribution in [0.2, 0.25) is 0 Å². The zero-order valence-corrected chi connectivity index (χ0v) is 15.0. The summed E-state index contributed by atoms with van der Waals surface area (Å²) in [6.07, 6.45) is 0.749. The monoisotopic (exact) mass is 365 g/mol. The molecule has 1 unspecified atom stereocenters. The van der Waals surface area contributed by atoms with Gasteiger partial charge < -0.3 is 10.2 Å². The molecular formula is C21H20FN3O2. The van der Waals surface area contributed by atoms with E-state index in [0.29, 0.717) is 29.9 Å². The van der Waals surface area contributed by atoms with Gasteiger partial charge in [-0.1, -0.05) is 42.5 Å². The van der Waals surface area contributed by atoms with Crippen molar-refractivity contribution in [3.63, 3.8) is 0 Å². The number of halogens is 1. The number of benzene rings is 2. The smallest absolute Gasteiger partial charge is 0.322 e. The Bertz CT molecular complexity index is 909. The molecule has 0 aromatic heterocycles. The summed E-state index contributed by atoms with van der Waals surface area (Å²) in [5.74, 6) is -0.434. The Morgan fingerprint density at radius 3 is 2.48 bits per heavy atom. The van der Waals surface area contributed by atoms with Gasteiger partial charge in [0.25, 0.3) is 5.91 Å². The first-order chi connectivity index (χ1) is 13.0. The highest BCUT2D eigenvalue weighted by atomic mass is 19.1. The van der Waals surface area contributed by atoms with E-state index in [1.807, 2.05) is 30.3 Å². The summed E-state index contributed by atoms with van der Waals surface area (Å²) in [6.45, 7) is 0.983. The highest BCUT2D eigenvalue weighted by Gasteiger charge is 2.42. The summed E-state index contributed by atoms with van der Waals surface area (Å²) >= 11 is 0. The predicted octanol–water partition coefficient (Wildman–Crippen LogP) is 2.86. The van der Waals surface area contributed by atoms with Gasteiger partial charge in [-0.3, -0.25) is 9.69 Å². The molecule has 0 radical (unpaired) electrons. The van der Waals surface area contributed by atoms with Gasteiger partial charge in [-0.2, -0.15) is 0 Å². The lowest BCUT2D eigenvalue weighted by atomic mass is 9.96. The van der Waals surface area contributed by atoms with E-state index in [1.165, 1.54) is 17.0 Å². The molecule has 0 fully saturated rings. The Balaban J connectivity index is 1.59. The molecule has 0 bridgehead atoms. The van der Waals surface area contributed by atoms with E-state index >= 15 is 0 Å². The minimum absolute atomic E-state index is 0.0814. The average Bonchev–Trinajstić information content (AvgIpc) is 3.01. The van der Waals surface area contributed by atoms with E-state index in [1.54, 1.807) is 24.1 Å². The number of rotatable bonds is 4. The predicted molar refractivity (Wildman–Crippen MR) is 99.2 cm³/mol. The topological polar surface area (TPSA) is 52.7 Å². The highest BCUT2D eigenvalue weighted by Crippen LogP contribution is 2.35. The first kappa shape index (κ1) is 17.3. The van der Waals surface area contributed by atoms with Gasteiger partial charge in [-0.05, 0) is 29.7 Å². The molecule has 0 spiro atoms. The zero-order valence-electron chi connectivity index (χ0n) is 15.0. The molecule has 2 heterocycles. The molecule has 1 N–H and O–H groups in total. The normalized spacial score (nSPS) is 19.4. The Morgan fingerprint density at radius 2 is 1.78 bits per heavy atom. The van der Waals surface area contributed by atoms with Gasteiger partial charge >= 0.3 is 6.03 Å². The maximum Gasteiger partial charge on any atom is 0.322 e. The van der Waals surface area contributed by atoms with Crippen LogP contribution in [-0.4, -0.2) is 41.9 Å². The number of hydrogen-bond acceptors (Lipinski definition) is 2. The van der Waals surface area contributed by atoms with E-state index in [9.17, 15) is 14.0 Å². The van der Waals surface area contributed by atoms with Gasteiger partial charge in [0.1, 0.15) is 5.82 Å². The zero-order chi connectivity index (χ0) is 19.0. The largest absolute Gasteiger partial charge is 0.333 e. The molecule has 1 atom stereocenters. The van der Waals surface area contributed by atoms with E-state index in [0.717, 1.165) is 12.0 Å². The number of urea groups is 1. The summed E-state index contributed by atoms with van der Waals surface area (Å²) in [7, 11) is 1.67. The summed E-state index contributed by atoms with van der Waals surface area (Å²) < 4.78 is 13.3. The highest BCUT2D eigenvalue weighted by molar-refractivity contribution is 6.01. The minimum Gasteiger partial charge on any atom is -0.333 e. The quantitative estimate of drug-likeness (QED) is 0.906.